The molecule has 4 fully saturated rings. The van der Waals surface area contributed by atoms with Crippen LogP contribution in [0.5, 0.6) is 0 Å². The minimum absolute atomic E-state index is 0.0586. The average molecular weight is 489 g/mol. The first-order valence-corrected chi connectivity index (χ1v) is 14.4. The Morgan fingerprint density at radius 2 is 1.60 bits per heavy atom. The molecule has 0 amide bonds. The third kappa shape index (κ3) is 3.87. The summed E-state index contributed by atoms with van der Waals surface area (Å²) in [6.45, 7) is 20.2. The van der Waals surface area contributed by atoms with E-state index in [0.717, 1.165) is 50.5 Å². The number of carbonyl (C=O) groups is 1. The van der Waals surface area contributed by atoms with E-state index in [9.17, 15) is 20.1 Å². The summed E-state index contributed by atoms with van der Waals surface area (Å²) in [4.78, 5) is 12.6. The Labute approximate surface area is 214 Å². The number of hydrogen-bond acceptors (Lipinski definition) is 3. The first-order chi connectivity index (χ1) is 16.1. The van der Waals surface area contributed by atoms with Crippen LogP contribution in [-0.2, 0) is 4.79 Å². The van der Waals surface area contributed by atoms with Gasteiger partial charge in [-0.3, -0.25) is 4.79 Å². The van der Waals surface area contributed by atoms with Crippen LogP contribution in [0.25, 0.3) is 0 Å². The van der Waals surface area contributed by atoms with Crippen molar-refractivity contribution in [3.8, 4) is 0 Å². The second-order valence-electron chi connectivity index (χ2n) is 14.7. The smallest absolute Gasteiger partial charge is 0.306 e. The summed E-state index contributed by atoms with van der Waals surface area (Å²) in [5, 5.41) is 32.7. The molecular formula is C31H52O4. The molecule has 0 aromatic heterocycles. The molecule has 4 aliphatic rings. The lowest BCUT2D eigenvalue weighted by Crippen LogP contribution is -2.61. The van der Waals surface area contributed by atoms with Gasteiger partial charge in [0.05, 0.1) is 18.1 Å². The molecule has 4 heteroatoms. The summed E-state index contributed by atoms with van der Waals surface area (Å²) < 4.78 is 0. The van der Waals surface area contributed by atoms with Crippen LogP contribution in [-0.4, -0.2) is 33.5 Å². The van der Waals surface area contributed by atoms with Gasteiger partial charge in [0.1, 0.15) is 0 Å². The molecule has 10 atom stereocenters. The normalized spacial score (nSPS) is 47.5. The molecule has 0 bridgehead atoms. The maximum absolute atomic E-state index is 12.6. The number of rotatable bonds is 6. The fourth-order valence-electron chi connectivity index (χ4n) is 10.4. The summed E-state index contributed by atoms with van der Waals surface area (Å²) >= 11 is 0. The summed E-state index contributed by atoms with van der Waals surface area (Å²) in [5.41, 5.74) is 1.01. The first kappa shape index (κ1) is 27.2. The minimum atomic E-state index is -0.753. The van der Waals surface area contributed by atoms with Crippen molar-refractivity contribution in [2.45, 2.75) is 118 Å². The van der Waals surface area contributed by atoms with Gasteiger partial charge in [-0.25, -0.2) is 0 Å². The van der Waals surface area contributed by atoms with E-state index in [2.05, 4.69) is 55.0 Å². The van der Waals surface area contributed by atoms with Crippen LogP contribution in [0.15, 0.2) is 12.2 Å². The highest BCUT2D eigenvalue weighted by atomic mass is 16.4. The number of aliphatic carboxylic acids is 1. The molecule has 0 aliphatic heterocycles. The van der Waals surface area contributed by atoms with E-state index in [1.54, 1.807) is 0 Å². The van der Waals surface area contributed by atoms with E-state index in [4.69, 9.17) is 0 Å². The Kier molecular flexibility index (Phi) is 6.88. The van der Waals surface area contributed by atoms with Gasteiger partial charge in [-0.1, -0.05) is 60.6 Å². The fraction of sp³-hybridized carbons (Fsp3) is 0.903. The van der Waals surface area contributed by atoms with Crippen molar-refractivity contribution < 1.29 is 20.1 Å². The van der Waals surface area contributed by atoms with Gasteiger partial charge < -0.3 is 15.3 Å². The molecule has 0 aromatic carbocycles. The second kappa shape index (κ2) is 8.86. The van der Waals surface area contributed by atoms with Gasteiger partial charge in [-0.05, 0) is 103 Å². The van der Waals surface area contributed by atoms with Crippen molar-refractivity contribution in [3.63, 3.8) is 0 Å². The van der Waals surface area contributed by atoms with Crippen molar-refractivity contribution >= 4 is 5.97 Å². The number of carboxylic acids is 1. The third-order valence-corrected chi connectivity index (χ3v) is 12.8. The van der Waals surface area contributed by atoms with E-state index in [1.807, 2.05) is 0 Å². The summed E-state index contributed by atoms with van der Waals surface area (Å²) in [6, 6.07) is 0. The number of carboxylic acid groups (broad SMARTS) is 1. The van der Waals surface area contributed by atoms with Crippen molar-refractivity contribution in [3.05, 3.63) is 12.2 Å². The quantitative estimate of drug-likeness (QED) is 0.364. The van der Waals surface area contributed by atoms with E-state index in [1.165, 1.54) is 0 Å². The van der Waals surface area contributed by atoms with E-state index < -0.39 is 18.0 Å². The number of allylic oxidation sites excluding steroid dienone is 1. The SMILES string of the molecule is C=C(CCC(C(=O)O)[C@H]1[C@H](O)C[C@@]2(C)C3CC[C@H]4C(C)(C)C(O)CC[C@]4(C)C3CC[C@]12C)C(C)C. The molecular weight excluding hydrogens is 436 g/mol. The van der Waals surface area contributed by atoms with Gasteiger partial charge in [-0.15, -0.1) is 0 Å². The van der Waals surface area contributed by atoms with Crippen molar-refractivity contribution in [2.75, 3.05) is 0 Å². The van der Waals surface area contributed by atoms with Crippen LogP contribution >= 0.6 is 0 Å². The van der Waals surface area contributed by atoms with E-state index >= 15 is 0 Å². The lowest BCUT2D eigenvalue weighted by molar-refractivity contribution is -0.201. The van der Waals surface area contributed by atoms with Gasteiger partial charge in [0.25, 0.3) is 0 Å². The van der Waals surface area contributed by atoms with Gasteiger partial charge >= 0.3 is 5.97 Å². The van der Waals surface area contributed by atoms with E-state index in [-0.39, 0.29) is 33.7 Å². The van der Waals surface area contributed by atoms with Crippen LogP contribution in [0.3, 0.4) is 0 Å². The molecule has 0 radical (unpaired) electrons. The van der Waals surface area contributed by atoms with Crippen molar-refractivity contribution in [1.29, 1.82) is 0 Å². The minimum Gasteiger partial charge on any atom is -0.481 e. The molecule has 200 valence electrons. The Morgan fingerprint density at radius 3 is 2.20 bits per heavy atom. The molecule has 4 aliphatic carbocycles. The Hall–Kier alpha value is -0.870. The van der Waals surface area contributed by atoms with Crippen molar-refractivity contribution in [1.82, 2.24) is 0 Å². The topological polar surface area (TPSA) is 77.8 Å². The zero-order chi connectivity index (χ0) is 26.1. The highest BCUT2D eigenvalue weighted by molar-refractivity contribution is 5.71. The molecule has 4 unspecified atom stereocenters. The Bertz CT molecular complexity index is 847. The predicted octanol–water partition coefficient (Wildman–Crippen LogP) is 6.70. The molecule has 0 heterocycles. The monoisotopic (exact) mass is 488 g/mol. The lowest BCUT2D eigenvalue weighted by atomic mass is 9.38. The molecule has 4 saturated carbocycles. The molecule has 3 N–H and O–H groups in total. The van der Waals surface area contributed by atoms with Gasteiger partial charge in [0.2, 0.25) is 0 Å². The van der Waals surface area contributed by atoms with E-state index in [0.29, 0.717) is 36.5 Å². The molecule has 0 aromatic rings. The number of aliphatic hydroxyl groups excluding tert-OH is 2. The van der Waals surface area contributed by atoms with Crippen molar-refractivity contribution in [2.24, 2.45) is 57.2 Å². The lowest BCUT2D eigenvalue weighted by Gasteiger charge is -2.67. The van der Waals surface area contributed by atoms with Crippen LogP contribution < -0.4 is 0 Å². The summed E-state index contributed by atoms with van der Waals surface area (Å²) in [5.74, 6) is 0.471. The Balaban J connectivity index is 1.65. The van der Waals surface area contributed by atoms with Gasteiger partial charge in [0, 0.05) is 5.92 Å². The zero-order valence-electron chi connectivity index (χ0n) is 23.4. The maximum Gasteiger partial charge on any atom is 0.306 e. The predicted molar refractivity (Wildman–Crippen MR) is 141 cm³/mol. The molecule has 0 saturated heterocycles. The number of fused-ring (bicyclic) bond motifs is 5. The summed E-state index contributed by atoms with van der Waals surface area (Å²) in [6.07, 6.45) is 7.55. The standard InChI is InChI=1S/C31H52O4/c1-18(2)19(3)9-10-20(27(34)35)26-23(32)17-31(8)22-11-12-24-28(4,5)25(33)14-15-29(24,6)21(22)13-16-30(26,31)7/h18,20-26,32-33H,3,9-17H2,1-2,4-8H3,(H,34,35)/t20?,21?,22?,23-,24+,25?,26+,29-,30-,31+/m1/s1. The highest BCUT2D eigenvalue weighted by Gasteiger charge is 2.70. The number of hydrogen-bond donors (Lipinski definition) is 3. The van der Waals surface area contributed by atoms with Crippen LogP contribution in [0, 0.1) is 57.2 Å². The Morgan fingerprint density at radius 1 is 0.943 bits per heavy atom. The highest BCUT2D eigenvalue weighted by Crippen LogP contribution is 2.74. The van der Waals surface area contributed by atoms with Gasteiger partial charge in [0.15, 0.2) is 0 Å². The van der Waals surface area contributed by atoms with Crippen LogP contribution in [0.2, 0.25) is 0 Å². The number of aliphatic hydroxyl groups is 2. The molecule has 35 heavy (non-hydrogen) atoms. The van der Waals surface area contributed by atoms with Crippen LogP contribution in [0.4, 0.5) is 0 Å². The van der Waals surface area contributed by atoms with Crippen LogP contribution in [0.1, 0.15) is 106 Å². The third-order valence-electron chi connectivity index (χ3n) is 12.8. The average Bonchev–Trinajstić information content (AvgIpc) is 2.97. The molecule has 4 rings (SSSR count). The maximum atomic E-state index is 12.6. The first-order valence-electron chi connectivity index (χ1n) is 14.4. The fourth-order valence-corrected chi connectivity index (χ4v) is 10.4. The largest absolute Gasteiger partial charge is 0.481 e. The van der Waals surface area contributed by atoms with Gasteiger partial charge in [-0.2, -0.15) is 0 Å². The summed E-state index contributed by atoms with van der Waals surface area (Å²) in [7, 11) is 0. The second-order valence-corrected chi connectivity index (χ2v) is 14.7. The zero-order valence-corrected chi connectivity index (χ0v) is 23.4. The molecule has 4 nitrogen and oxygen atoms in total. The molecule has 0 spiro atoms.